The highest BCUT2D eigenvalue weighted by Crippen LogP contribution is 2.16. The second kappa shape index (κ2) is 6.71. The van der Waals surface area contributed by atoms with Crippen molar-refractivity contribution < 1.29 is 4.79 Å². The van der Waals surface area contributed by atoms with E-state index < -0.39 is 0 Å². The fraction of sp³-hybridized carbons (Fsp3) is 0.200. The first-order chi connectivity index (χ1) is 11.5. The van der Waals surface area contributed by atoms with Gasteiger partial charge in [-0.05, 0) is 49.4 Å². The average Bonchev–Trinajstić information content (AvgIpc) is 2.56. The molecule has 2 N–H and O–H groups in total. The summed E-state index contributed by atoms with van der Waals surface area (Å²) in [4.78, 5) is 27.2. The number of aromatic amines is 1. The minimum atomic E-state index is -0.125. The largest absolute Gasteiger partial charge is 0.326 e. The molecular weight excluding hydrogens is 300 g/mol. The van der Waals surface area contributed by atoms with Crippen molar-refractivity contribution in [1.82, 2.24) is 4.98 Å². The molecule has 3 rings (SSSR count). The summed E-state index contributed by atoms with van der Waals surface area (Å²) in [5, 5.41) is 3.84. The number of H-pyrrole nitrogens is 1. The minimum absolute atomic E-state index is 0.0948. The number of aryl methyl sites for hydroxylation is 3. The van der Waals surface area contributed by atoms with Crippen molar-refractivity contribution in [1.29, 1.82) is 0 Å². The van der Waals surface area contributed by atoms with Gasteiger partial charge >= 0.3 is 0 Å². The number of amides is 1. The molecule has 0 atom stereocenters. The van der Waals surface area contributed by atoms with E-state index in [0.717, 1.165) is 27.7 Å². The molecule has 0 radical (unpaired) electrons. The standard InChI is InChI=1S/C20H20N2O2/c1-13-6-9-17(10-7-13)21-18(23)11-8-16-12-15-5-3-4-14(2)19(15)22-20(16)24/h3-7,9-10,12H,8,11H2,1-2H3,(H,21,23)(H,22,24). The van der Waals surface area contributed by atoms with Crippen LogP contribution in [0, 0.1) is 13.8 Å². The maximum Gasteiger partial charge on any atom is 0.251 e. The Bertz CT molecular complexity index is 940. The number of benzene rings is 2. The summed E-state index contributed by atoms with van der Waals surface area (Å²) >= 11 is 0. The summed E-state index contributed by atoms with van der Waals surface area (Å²) in [5.41, 5.74) is 4.32. The number of hydrogen-bond acceptors (Lipinski definition) is 2. The third kappa shape index (κ3) is 3.54. The Hall–Kier alpha value is -2.88. The topological polar surface area (TPSA) is 62.0 Å². The number of carbonyl (C=O) groups is 1. The third-order valence-corrected chi connectivity index (χ3v) is 4.12. The smallest absolute Gasteiger partial charge is 0.251 e. The predicted molar refractivity (Wildman–Crippen MR) is 97.4 cm³/mol. The third-order valence-electron chi connectivity index (χ3n) is 4.12. The van der Waals surface area contributed by atoms with E-state index in [-0.39, 0.29) is 17.9 Å². The molecule has 0 aliphatic heterocycles. The molecule has 2 aromatic carbocycles. The van der Waals surface area contributed by atoms with Gasteiger partial charge in [0.2, 0.25) is 5.91 Å². The number of nitrogens with one attached hydrogen (secondary N) is 2. The number of aromatic nitrogens is 1. The zero-order valence-corrected chi connectivity index (χ0v) is 13.8. The Morgan fingerprint density at radius 1 is 1.08 bits per heavy atom. The molecule has 122 valence electrons. The molecule has 0 spiro atoms. The van der Waals surface area contributed by atoms with Gasteiger partial charge in [0.1, 0.15) is 0 Å². The Morgan fingerprint density at radius 2 is 1.83 bits per heavy atom. The average molecular weight is 320 g/mol. The maximum absolute atomic E-state index is 12.2. The molecule has 0 saturated heterocycles. The van der Waals surface area contributed by atoms with Crippen molar-refractivity contribution in [3.8, 4) is 0 Å². The molecule has 0 aliphatic rings. The van der Waals surface area contributed by atoms with Crippen molar-refractivity contribution in [2.45, 2.75) is 26.7 Å². The van der Waals surface area contributed by atoms with E-state index in [2.05, 4.69) is 10.3 Å². The van der Waals surface area contributed by atoms with Gasteiger partial charge in [0.25, 0.3) is 5.56 Å². The molecule has 0 bridgehead atoms. The summed E-state index contributed by atoms with van der Waals surface area (Å²) < 4.78 is 0. The molecular formula is C20H20N2O2. The Morgan fingerprint density at radius 3 is 2.58 bits per heavy atom. The van der Waals surface area contributed by atoms with Gasteiger partial charge in [0.05, 0.1) is 5.52 Å². The maximum atomic E-state index is 12.2. The van der Waals surface area contributed by atoms with Crippen LogP contribution in [-0.4, -0.2) is 10.9 Å². The summed E-state index contributed by atoms with van der Waals surface area (Å²) in [6.45, 7) is 3.96. The first-order valence-corrected chi connectivity index (χ1v) is 8.01. The van der Waals surface area contributed by atoms with Crippen LogP contribution in [-0.2, 0) is 11.2 Å². The number of rotatable bonds is 4. The van der Waals surface area contributed by atoms with Crippen LogP contribution in [0.15, 0.2) is 53.3 Å². The molecule has 0 saturated carbocycles. The van der Waals surface area contributed by atoms with Crippen molar-refractivity contribution in [2.24, 2.45) is 0 Å². The molecule has 4 nitrogen and oxygen atoms in total. The van der Waals surface area contributed by atoms with E-state index in [1.165, 1.54) is 0 Å². The molecule has 3 aromatic rings. The fourth-order valence-electron chi connectivity index (χ4n) is 2.72. The zero-order chi connectivity index (χ0) is 17.1. The van der Waals surface area contributed by atoms with E-state index in [4.69, 9.17) is 0 Å². The SMILES string of the molecule is Cc1ccc(NC(=O)CCc2cc3cccc(C)c3[nH]c2=O)cc1. The molecule has 1 aromatic heterocycles. The van der Waals surface area contributed by atoms with Gasteiger partial charge in [-0.15, -0.1) is 0 Å². The monoisotopic (exact) mass is 320 g/mol. The summed E-state index contributed by atoms with van der Waals surface area (Å²) in [6, 6.07) is 15.4. The number of fused-ring (bicyclic) bond motifs is 1. The van der Waals surface area contributed by atoms with E-state index in [1.54, 1.807) is 0 Å². The van der Waals surface area contributed by atoms with Crippen molar-refractivity contribution >= 4 is 22.5 Å². The molecule has 4 heteroatoms. The molecule has 0 fully saturated rings. The van der Waals surface area contributed by atoms with Gasteiger partial charge in [0, 0.05) is 17.7 Å². The van der Waals surface area contributed by atoms with Crippen LogP contribution in [0.5, 0.6) is 0 Å². The van der Waals surface area contributed by atoms with Crippen LogP contribution >= 0.6 is 0 Å². The predicted octanol–water partition coefficient (Wildman–Crippen LogP) is 3.72. The van der Waals surface area contributed by atoms with Crippen LogP contribution in [0.25, 0.3) is 10.9 Å². The normalized spacial score (nSPS) is 10.8. The van der Waals surface area contributed by atoms with E-state index in [9.17, 15) is 9.59 Å². The van der Waals surface area contributed by atoms with Crippen molar-refractivity contribution in [2.75, 3.05) is 5.32 Å². The van der Waals surface area contributed by atoms with Crippen LogP contribution < -0.4 is 10.9 Å². The second-order valence-corrected chi connectivity index (χ2v) is 6.08. The first kappa shape index (κ1) is 16.0. The van der Waals surface area contributed by atoms with Gasteiger partial charge in [-0.2, -0.15) is 0 Å². The zero-order valence-electron chi connectivity index (χ0n) is 13.8. The van der Waals surface area contributed by atoms with Crippen molar-refractivity contribution in [3.63, 3.8) is 0 Å². The van der Waals surface area contributed by atoms with Gasteiger partial charge in [-0.25, -0.2) is 0 Å². The lowest BCUT2D eigenvalue weighted by Crippen LogP contribution is -2.17. The number of hydrogen-bond donors (Lipinski definition) is 2. The molecule has 1 amide bonds. The number of carbonyl (C=O) groups excluding carboxylic acids is 1. The lowest BCUT2D eigenvalue weighted by molar-refractivity contribution is -0.116. The van der Waals surface area contributed by atoms with E-state index in [1.807, 2.05) is 62.4 Å². The highest BCUT2D eigenvalue weighted by molar-refractivity contribution is 5.91. The van der Waals surface area contributed by atoms with Crippen LogP contribution in [0.1, 0.15) is 23.1 Å². The second-order valence-electron chi connectivity index (χ2n) is 6.08. The van der Waals surface area contributed by atoms with E-state index in [0.29, 0.717) is 12.0 Å². The minimum Gasteiger partial charge on any atom is -0.326 e. The lowest BCUT2D eigenvalue weighted by atomic mass is 10.1. The van der Waals surface area contributed by atoms with E-state index >= 15 is 0 Å². The van der Waals surface area contributed by atoms with Gasteiger partial charge in [-0.3, -0.25) is 9.59 Å². The summed E-state index contributed by atoms with van der Waals surface area (Å²) in [5.74, 6) is -0.0948. The number of anilines is 1. The Labute approximate surface area is 140 Å². The Balaban J connectivity index is 1.71. The van der Waals surface area contributed by atoms with Crippen LogP contribution in [0.2, 0.25) is 0 Å². The fourth-order valence-corrected chi connectivity index (χ4v) is 2.72. The number of pyridine rings is 1. The summed E-state index contributed by atoms with van der Waals surface area (Å²) in [7, 11) is 0. The molecule has 24 heavy (non-hydrogen) atoms. The number of para-hydroxylation sites is 1. The Kier molecular flexibility index (Phi) is 4.47. The lowest BCUT2D eigenvalue weighted by Gasteiger charge is -2.07. The highest BCUT2D eigenvalue weighted by Gasteiger charge is 2.08. The first-order valence-electron chi connectivity index (χ1n) is 8.01. The van der Waals surface area contributed by atoms with Gasteiger partial charge in [0.15, 0.2) is 0 Å². The van der Waals surface area contributed by atoms with Gasteiger partial charge < -0.3 is 10.3 Å². The molecule has 0 aliphatic carbocycles. The van der Waals surface area contributed by atoms with Crippen LogP contribution in [0.4, 0.5) is 5.69 Å². The van der Waals surface area contributed by atoms with Crippen molar-refractivity contribution in [3.05, 3.63) is 75.6 Å². The highest BCUT2D eigenvalue weighted by atomic mass is 16.1. The molecule has 1 heterocycles. The van der Waals surface area contributed by atoms with Gasteiger partial charge in [-0.1, -0.05) is 35.9 Å². The quantitative estimate of drug-likeness (QED) is 0.769. The summed E-state index contributed by atoms with van der Waals surface area (Å²) in [6.07, 6.45) is 0.686. The van der Waals surface area contributed by atoms with Crippen LogP contribution in [0.3, 0.4) is 0 Å². The molecule has 0 unspecified atom stereocenters.